The number of rotatable bonds is 5. The lowest BCUT2D eigenvalue weighted by Gasteiger charge is -2.09. The molecule has 1 rings (SSSR count). The van der Waals surface area contributed by atoms with Gasteiger partial charge in [-0.2, -0.15) is 18.3 Å². The number of halogens is 3. The van der Waals surface area contributed by atoms with Crippen LogP contribution in [-0.4, -0.2) is 20.9 Å². The summed E-state index contributed by atoms with van der Waals surface area (Å²) >= 11 is 4.76. The highest BCUT2D eigenvalue weighted by molar-refractivity contribution is 7.71. The Bertz CT molecular complexity index is 380. The van der Waals surface area contributed by atoms with Gasteiger partial charge in [0.25, 0.3) is 0 Å². The molecule has 7 heteroatoms. The molecular weight excluding hydrogens is 239 g/mol. The van der Waals surface area contributed by atoms with Gasteiger partial charge in [0.15, 0.2) is 4.77 Å². The number of aromatic amines is 1. The van der Waals surface area contributed by atoms with E-state index in [-0.39, 0.29) is 4.77 Å². The smallest absolute Gasteiger partial charge is 0.295 e. The fraction of sp³-hybridized carbons (Fsp3) is 0.778. The van der Waals surface area contributed by atoms with Gasteiger partial charge in [-0.1, -0.05) is 19.8 Å². The van der Waals surface area contributed by atoms with Gasteiger partial charge in [0.05, 0.1) is 0 Å². The number of aryl methyl sites for hydroxylation is 1. The molecule has 0 aromatic carbocycles. The van der Waals surface area contributed by atoms with Crippen molar-refractivity contribution in [2.75, 3.05) is 0 Å². The largest absolute Gasteiger partial charge is 0.406 e. The molecule has 0 atom stereocenters. The summed E-state index contributed by atoms with van der Waals surface area (Å²) in [5.41, 5.74) is 0. The van der Waals surface area contributed by atoms with Crippen molar-refractivity contribution in [1.29, 1.82) is 0 Å². The van der Waals surface area contributed by atoms with E-state index in [1.165, 1.54) is 0 Å². The molecule has 1 aromatic heterocycles. The second-order valence-corrected chi connectivity index (χ2v) is 3.99. The van der Waals surface area contributed by atoms with E-state index in [1.54, 1.807) is 0 Å². The molecular formula is C9H14F3N3S. The first-order valence-electron chi connectivity index (χ1n) is 5.15. The van der Waals surface area contributed by atoms with Gasteiger partial charge in [0.1, 0.15) is 12.4 Å². The predicted molar refractivity (Wildman–Crippen MR) is 56.7 cm³/mol. The van der Waals surface area contributed by atoms with Gasteiger partial charge < -0.3 is 0 Å². The zero-order chi connectivity index (χ0) is 12.2. The molecule has 92 valence electrons. The van der Waals surface area contributed by atoms with E-state index in [1.807, 2.05) is 6.92 Å². The number of aromatic nitrogens is 3. The van der Waals surface area contributed by atoms with Crippen molar-refractivity contribution in [2.24, 2.45) is 0 Å². The zero-order valence-corrected chi connectivity index (χ0v) is 9.79. The second kappa shape index (κ2) is 5.47. The molecule has 0 aliphatic carbocycles. The van der Waals surface area contributed by atoms with E-state index < -0.39 is 12.7 Å². The minimum Gasteiger partial charge on any atom is -0.295 e. The number of nitrogens with zero attached hydrogens (tertiary/aromatic N) is 2. The average molecular weight is 253 g/mol. The number of hydrogen-bond acceptors (Lipinski definition) is 2. The first-order valence-corrected chi connectivity index (χ1v) is 5.55. The number of unbranched alkanes of at least 4 members (excludes halogenated alkanes) is 2. The van der Waals surface area contributed by atoms with Gasteiger partial charge in [0.2, 0.25) is 0 Å². The number of hydrogen-bond donors (Lipinski definition) is 1. The summed E-state index contributed by atoms with van der Waals surface area (Å²) in [7, 11) is 0. The van der Waals surface area contributed by atoms with Crippen molar-refractivity contribution >= 4 is 12.2 Å². The summed E-state index contributed by atoms with van der Waals surface area (Å²) in [4.78, 5) is 0. The number of H-pyrrole nitrogens is 1. The minimum atomic E-state index is -4.26. The predicted octanol–water partition coefficient (Wildman–Crippen LogP) is 3.24. The molecule has 0 saturated carbocycles. The first-order chi connectivity index (χ1) is 7.44. The molecule has 0 aliphatic heterocycles. The normalized spacial score (nSPS) is 12.0. The Morgan fingerprint density at radius 3 is 2.62 bits per heavy atom. The highest BCUT2D eigenvalue weighted by Gasteiger charge is 2.29. The zero-order valence-electron chi connectivity index (χ0n) is 8.97. The molecule has 1 aromatic rings. The lowest BCUT2D eigenvalue weighted by molar-refractivity contribution is -0.141. The Kier molecular flexibility index (Phi) is 4.52. The highest BCUT2D eigenvalue weighted by atomic mass is 32.1. The monoisotopic (exact) mass is 253 g/mol. The lowest BCUT2D eigenvalue weighted by Crippen LogP contribution is -2.19. The van der Waals surface area contributed by atoms with Gasteiger partial charge in [0, 0.05) is 6.42 Å². The third-order valence-corrected chi connectivity index (χ3v) is 2.49. The van der Waals surface area contributed by atoms with Crippen LogP contribution >= 0.6 is 12.2 Å². The van der Waals surface area contributed by atoms with Crippen LogP contribution in [0.4, 0.5) is 13.2 Å². The third-order valence-electron chi connectivity index (χ3n) is 2.18. The summed E-state index contributed by atoms with van der Waals surface area (Å²) in [6.45, 7) is 0.969. The van der Waals surface area contributed by atoms with E-state index in [2.05, 4.69) is 10.2 Å². The molecule has 0 unspecified atom stereocenters. The number of alkyl halides is 3. The van der Waals surface area contributed by atoms with Crippen molar-refractivity contribution < 1.29 is 13.2 Å². The Balaban J connectivity index is 2.74. The topological polar surface area (TPSA) is 33.6 Å². The molecule has 0 amide bonds. The second-order valence-electron chi connectivity index (χ2n) is 3.60. The van der Waals surface area contributed by atoms with E-state index in [0.29, 0.717) is 12.2 Å². The fourth-order valence-electron chi connectivity index (χ4n) is 1.42. The van der Waals surface area contributed by atoms with Gasteiger partial charge in [-0.05, 0) is 18.6 Å². The van der Waals surface area contributed by atoms with E-state index in [9.17, 15) is 13.2 Å². The van der Waals surface area contributed by atoms with Gasteiger partial charge >= 0.3 is 6.18 Å². The van der Waals surface area contributed by atoms with Gasteiger partial charge in [-0.15, -0.1) is 0 Å². The highest BCUT2D eigenvalue weighted by Crippen LogP contribution is 2.19. The molecule has 0 spiro atoms. The van der Waals surface area contributed by atoms with Gasteiger partial charge in [-0.25, -0.2) is 0 Å². The molecule has 0 aliphatic rings. The van der Waals surface area contributed by atoms with Crippen molar-refractivity contribution in [3.8, 4) is 0 Å². The number of nitrogens with one attached hydrogen (secondary N) is 1. The van der Waals surface area contributed by atoms with Gasteiger partial charge in [-0.3, -0.25) is 9.67 Å². The van der Waals surface area contributed by atoms with Crippen LogP contribution in [-0.2, 0) is 13.0 Å². The molecule has 0 bridgehead atoms. The SMILES string of the molecule is CCCCCc1n[nH]c(=S)n1CC(F)(F)F. The third kappa shape index (κ3) is 3.96. The van der Waals surface area contributed by atoms with Crippen LogP contribution in [0.3, 0.4) is 0 Å². The summed E-state index contributed by atoms with van der Waals surface area (Å²) < 4.78 is 37.8. The van der Waals surface area contributed by atoms with Crippen molar-refractivity contribution in [3.63, 3.8) is 0 Å². The van der Waals surface area contributed by atoms with Crippen LogP contribution in [0.5, 0.6) is 0 Å². The van der Waals surface area contributed by atoms with Crippen LogP contribution in [0.25, 0.3) is 0 Å². The Morgan fingerprint density at radius 2 is 2.06 bits per heavy atom. The van der Waals surface area contributed by atoms with E-state index in [4.69, 9.17) is 12.2 Å². The van der Waals surface area contributed by atoms with Crippen molar-refractivity contribution in [1.82, 2.24) is 14.8 Å². The van der Waals surface area contributed by atoms with Crippen LogP contribution < -0.4 is 0 Å². The molecule has 1 N–H and O–H groups in total. The maximum Gasteiger partial charge on any atom is 0.406 e. The van der Waals surface area contributed by atoms with E-state index >= 15 is 0 Å². The summed E-state index contributed by atoms with van der Waals surface area (Å²) in [6, 6.07) is 0. The van der Waals surface area contributed by atoms with Crippen LogP contribution in [0, 0.1) is 4.77 Å². The summed E-state index contributed by atoms with van der Waals surface area (Å²) in [5.74, 6) is 0.385. The van der Waals surface area contributed by atoms with E-state index in [0.717, 1.165) is 23.8 Å². The minimum absolute atomic E-state index is 0.0313. The Labute approximate surface area is 96.7 Å². The molecule has 0 fully saturated rings. The lowest BCUT2D eigenvalue weighted by atomic mass is 10.2. The van der Waals surface area contributed by atoms with Crippen molar-refractivity contribution in [3.05, 3.63) is 10.6 Å². The maximum atomic E-state index is 12.3. The quantitative estimate of drug-likeness (QED) is 0.645. The molecule has 0 saturated heterocycles. The van der Waals surface area contributed by atoms with Crippen molar-refractivity contribution in [2.45, 2.75) is 45.3 Å². The molecule has 0 radical (unpaired) electrons. The Hall–Kier alpha value is -0.850. The molecule has 3 nitrogen and oxygen atoms in total. The van der Waals surface area contributed by atoms with Crippen LogP contribution in [0.15, 0.2) is 0 Å². The summed E-state index contributed by atoms with van der Waals surface area (Å²) in [6.07, 6.45) is -0.914. The standard InChI is InChI=1S/C9H14F3N3S/c1-2-3-4-5-7-13-14-8(16)15(7)6-9(10,11)12/h2-6H2,1H3,(H,14,16). The maximum absolute atomic E-state index is 12.3. The van der Waals surface area contributed by atoms with Crippen LogP contribution in [0.2, 0.25) is 0 Å². The molecule has 1 heterocycles. The first kappa shape index (κ1) is 13.2. The summed E-state index contributed by atoms with van der Waals surface area (Å²) in [5, 5.41) is 6.22. The van der Waals surface area contributed by atoms with Crippen LogP contribution in [0.1, 0.15) is 32.0 Å². The fourth-order valence-corrected chi connectivity index (χ4v) is 1.63. The molecule has 16 heavy (non-hydrogen) atoms. The Morgan fingerprint density at radius 1 is 1.38 bits per heavy atom. The average Bonchev–Trinajstić information content (AvgIpc) is 2.48.